The number of nitrogens with zero attached hydrogens (tertiary/aromatic N) is 3. The van der Waals surface area contributed by atoms with Gasteiger partial charge in [-0.15, -0.1) is 0 Å². The zero-order valence-corrected chi connectivity index (χ0v) is 15.3. The van der Waals surface area contributed by atoms with E-state index in [2.05, 4.69) is 15.3 Å². The maximum atomic E-state index is 12.6. The molecule has 1 N–H and O–H groups in total. The van der Waals surface area contributed by atoms with E-state index in [1.165, 1.54) is 10.6 Å². The van der Waals surface area contributed by atoms with E-state index in [-0.39, 0.29) is 17.0 Å². The quantitative estimate of drug-likeness (QED) is 0.734. The standard InChI is InChI=1S/C17H18N4O4S/c1-11(2)25-14-8-7-12(10-18-14)19-16(22)15-13-6-4-5-9-21(13)17(20-15)26(3,23)24/h4-11H,1-3H3,(H,19,22). The van der Waals surface area contributed by atoms with Gasteiger partial charge >= 0.3 is 0 Å². The number of carbonyl (C=O) groups is 1. The topological polar surface area (TPSA) is 103 Å². The molecule has 0 fully saturated rings. The number of ether oxygens (including phenoxy) is 1. The number of amides is 1. The van der Waals surface area contributed by atoms with Crippen LogP contribution in [0.3, 0.4) is 0 Å². The van der Waals surface area contributed by atoms with Crippen LogP contribution in [0.4, 0.5) is 5.69 Å². The highest BCUT2D eigenvalue weighted by Gasteiger charge is 2.22. The Bertz CT molecular complexity index is 1060. The molecule has 0 aliphatic heterocycles. The van der Waals surface area contributed by atoms with Gasteiger partial charge in [0.25, 0.3) is 5.91 Å². The van der Waals surface area contributed by atoms with Gasteiger partial charge < -0.3 is 10.1 Å². The molecule has 0 atom stereocenters. The number of carbonyl (C=O) groups excluding carboxylic acids is 1. The molecule has 3 rings (SSSR count). The van der Waals surface area contributed by atoms with Crippen LogP contribution < -0.4 is 10.1 Å². The van der Waals surface area contributed by atoms with E-state index in [0.717, 1.165) is 6.26 Å². The van der Waals surface area contributed by atoms with Crippen LogP contribution in [0.2, 0.25) is 0 Å². The SMILES string of the molecule is CC(C)Oc1ccc(NC(=O)c2nc(S(C)(=O)=O)n3ccccc23)cn1. The van der Waals surface area contributed by atoms with Crippen LogP contribution >= 0.6 is 0 Å². The van der Waals surface area contributed by atoms with Crippen molar-refractivity contribution in [1.82, 2.24) is 14.4 Å². The third kappa shape index (κ3) is 3.67. The summed E-state index contributed by atoms with van der Waals surface area (Å²) in [6, 6.07) is 8.30. The second kappa shape index (κ2) is 6.75. The molecular formula is C17H18N4O4S. The molecule has 0 unspecified atom stereocenters. The number of aromatic nitrogens is 3. The number of nitrogens with one attached hydrogen (secondary N) is 1. The Labute approximate surface area is 150 Å². The summed E-state index contributed by atoms with van der Waals surface area (Å²) >= 11 is 0. The molecular weight excluding hydrogens is 356 g/mol. The Kier molecular flexibility index (Phi) is 4.64. The van der Waals surface area contributed by atoms with Crippen molar-refractivity contribution in [2.24, 2.45) is 0 Å². The predicted molar refractivity (Wildman–Crippen MR) is 96.3 cm³/mol. The van der Waals surface area contributed by atoms with Gasteiger partial charge in [-0.2, -0.15) is 0 Å². The van der Waals surface area contributed by atoms with Gasteiger partial charge in [0.15, 0.2) is 5.69 Å². The summed E-state index contributed by atoms with van der Waals surface area (Å²) in [5.74, 6) is -0.0762. The van der Waals surface area contributed by atoms with Crippen molar-refractivity contribution < 1.29 is 17.9 Å². The zero-order valence-electron chi connectivity index (χ0n) is 14.5. The molecule has 0 saturated heterocycles. The first-order valence-corrected chi connectivity index (χ1v) is 9.76. The van der Waals surface area contributed by atoms with Gasteiger partial charge in [0.05, 0.1) is 23.5 Å². The number of fused-ring (bicyclic) bond motifs is 1. The Morgan fingerprint density at radius 1 is 1.23 bits per heavy atom. The molecule has 8 nitrogen and oxygen atoms in total. The van der Waals surface area contributed by atoms with Gasteiger partial charge in [-0.25, -0.2) is 18.4 Å². The number of sulfone groups is 1. The monoisotopic (exact) mass is 374 g/mol. The largest absolute Gasteiger partial charge is 0.475 e. The van der Waals surface area contributed by atoms with E-state index in [4.69, 9.17) is 4.74 Å². The second-order valence-corrected chi connectivity index (χ2v) is 7.89. The summed E-state index contributed by atoms with van der Waals surface area (Å²) in [4.78, 5) is 20.7. The van der Waals surface area contributed by atoms with Crippen molar-refractivity contribution in [2.45, 2.75) is 25.1 Å². The summed E-state index contributed by atoms with van der Waals surface area (Å²) in [7, 11) is -3.59. The Balaban J connectivity index is 1.91. The molecule has 3 heterocycles. The minimum atomic E-state index is -3.59. The lowest BCUT2D eigenvalue weighted by atomic mass is 10.3. The third-order valence-corrected chi connectivity index (χ3v) is 4.36. The molecule has 0 spiro atoms. The van der Waals surface area contributed by atoms with Gasteiger partial charge in [0, 0.05) is 18.5 Å². The minimum Gasteiger partial charge on any atom is -0.475 e. The van der Waals surface area contributed by atoms with Crippen molar-refractivity contribution in [1.29, 1.82) is 0 Å². The minimum absolute atomic E-state index is 0.00531. The van der Waals surface area contributed by atoms with Crippen LogP contribution in [-0.2, 0) is 9.84 Å². The number of hydrogen-bond donors (Lipinski definition) is 1. The molecule has 1 amide bonds. The first kappa shape index (κ1) is 17.9. The van der Waals surface area contributed by atoms with Gasteiger partial charge in [0.1, 0.15) is 0 Å². The summed E-state index contributed by atoms with van der Waals surface area (Å²) in [5, 5.41) is 2.48. The molecule has 0 aromatic carbocycles. The number of pyridine rings is 2. The lowest BCUT2D eigenvalue weighted by Crippen LogP contribution is -2.13. The maximum absolute atomic E-state index is 12.6. The van der Waals surface area contributed by atoms with Crippen molar-refractivity contribution in [3.63, 3.8) is 0 Å². The van der Waals surface area contributed by atoms with E-state index in [9.17, 15) is 13.2 Å². The zero-order chi connectivity index (χ0) is 18.9. The fraction of sp³-hybridized carbons (Fsp3) is 0.235. The molecule has 136 valence electrons. The van der Waals surface area contributed by atoms with Crippen LogP contribution in [0.15, 0.2) is 47.9 Å². The smallest absolute Gasteiger partial charge is 0.276 e. The van der Waals surface area contributed by atoms with Gasteiger partial charge in [-0.3, -0.25) is 9.20 Å². The van der Waals surface area contributed by atoms with Gasteiger partial charge in [-0.1, -0.05) is 6.07 Å². The van der Waals surface area contributed by atoms with Crippen LogP contribution in [-0.4, -0.2) is 41.1 Å². The number of hydrogen-bond acceptors (Lipinski definition) is 6. The first-order chi connectivity index (χ1) is 12.3. The Morgan fingerprint density at radius 3 is 2.62 bits per heavy atom. The van der Waals surface area contributed by atoms with Crippen molar-refractivity contribution in [3.05, 3.63) is 48.4 Å². The fourth-order valence-corrected chi connectivity index (χ4v) is 3.17. The van der Waals surface area contributed by atoms with E-state index in [1.807, 2.05) is 13.8 Å². The van der Waals surface area contributed by atoms with E-state index < -0.39 is 15.7 Å². The van der Waals surface area contributed by atoms with Crippen molar-refractivity contribution in [3.8, 4) is 5.88 Å². The third-order valence-electron chi connectivity index (χ3n) is 3.41. The second-order valence-electron chi connectivity index (χ2n) is 5.98. The molecule has 0 bridgehead atoms. The highest BCUT2D eigenvalue weighted by molar-refractivity contribution is 7.90. The van der Waals surface area contributed by atoms with Gasteiger partial charge in [0.2, 0.25) is 20.9 Å². The lowest BCUT2D eigenvalue weighted by molar-refractivity contribution is 0.102. The summed E-state index contributed by atoms with van der Waals surface area (Å²) in [5.41, 5.74) is 0.871. The average molecular weight is 374 g/mol. The van der Waals surface area contributed by atoms with E-state index >= 15 is 0 Å². The molecule has 0 radical (unpaired) electrons. The normalized spacial score (nSPS) is 11.7. The highest BCUT2D eigenvalue weighted by atomic mass is 32.2. The highest BCUT2D eigenvalue weighted by Crippen LogP contribution is 2.19. The fourth-order valence-electron chi connectivity index (χ4n) is 2.39. The van der Waals surface area contributed by atoms with Crippen LogP contribution in [0, 0.1) is 0 Å². The number of rotatable bonds is 5. The average Bonchev–Trinajstić information content (AvgIpc) is 2.96. The molecule has 0 aliphatic carbocycles. The lowest BCUT2D eigenvalue weighted by Gasteiger charge is -2.09. The molecule has 0 aliphatic rings. The van der Waals surface area contributed by atoms with Crippen molar-refractivity contribution in [2.75, 3.05) is 11.6 Å². The summed E-state index contributed by atoms with van der Waals surface area (Å²) in [6.07, 6.45) is 4.06. The maximum Gasteiger partial charge on any atom is 0.276 e. The molecule has 0 saturated carbocycles. The summed E-state index contributed by atoms with van der Waals surface area (Å²) in [6.45, 7) is 3.78. The molecule has 26 heavy (non-hydrogen) atoms. The number of anilines is 1. The van der Waals surface area contributed by atoms with E-state index in [1.54, 1.807) is 36.5 Å². The predicted octanol–water partition coefficient (Wildman–Crippen LogP) is 2.17. The number of imidazole rings is 1. The molecule has 9 heteroatoms. The van der Waals surface area contributed by atoms with Crippen LogP contribution in [0.1, 0.15) is 24.3 Å². The Morgan fingerprint density at radius 2 is 2.00 bits per heavy atom. The molecule has 3 aromatic heterocycles. The van der Waals surface area contributed by atoms with Crippen LogP contribution in [0.25, 0.3) is 5.52 Å². The van der Waals surface area contributed by atoms with E-state index in [0.29, 0.717) is 17.1 Å². The van der Waals surface area contributed by atoms with Crippen LogP contribution in [0.5, 0.6) is 5.88 Å². The van der Waals surface area contributed by atoms with Crippen molar-refractivity contribution >= 4 is 26.9 Å². The summed E-state index contributed by atoms with van der Waals surface area (Å²) < 4.78 is 30.7. The molecule has 3 aromatic rings. The van der Waals surface area contributed by atoms with Gasteiger partial charge in [-0.05, 0) is 32.0 Å². The Hall–Kier alpha value is -2.94. The first-order valence-electron chi connectivity index (χ1n) is 7.87.